The average molecular weight is 428 g/mol. The second-order valence-electron chi connectivity index (χ2n) is 6.70. The van der Waals surface area contributed by atoms with E-state index in [0.717, 1.165) is 0 Å². The largest absolute Gasteiger partial charge is 0.465 e. The lowest BCUT2D eigenvalue weighted by molar-refractivity contribution is 0.0607. The fraction of sp³-hybridized carbons (Fsp3) is 0.316. The lowest BCUT2D eigenvalue weighted by Gasteiger charge is -2.35. The first kappa shape index (κ1) is 19.8. The summed E-state index contributed by atoms with van der Waals surface area (Å²) in [6.07, 6.45) is 1.62. The molecule has 1 saturated heterocycles. The van der Waals surface area contributed by atoms with Gasteiger partial charge in [-0.25, -0.2) is 19.6 Å². The number of fused-ring (bicyclic) bond motifs is 1. The summed E-state index contributed by atoms with van der Waals surface area (Å²) in [5.41, 5.74) is 1.38. The quantitative estimate of drug-likeness (QED) is 0.630. The summed E-state index contributed by atoms with van der Waals surface area (Å²) in [5.74, 6) is -0.137. The lowest BCUT2D eigenvalue weighted by Crippen LogP contribution is -2.51. The van der Waals surface area contributed by atoms with Gasteiger partial charge in [-0.05, 0) is 23.6 Å². The van der Waals surface area contributed by atoms with Crippen molar-refractivity contribution in [2.75, 3.05) is 43.5 Å². The van der Waals surface area contributed by atoms with E-state index in [4.69, 9.17) is 4.74 Å². The molecular weight excluding hydrogens is 408 g/mol. The highest BCUT2D eigenvalue weighted by Crippen LogP contribution is 2.24. The Labute approximate surface area is 175 Å². The Morgan fingerprint density at radius 3 is 2.70 bits per heavy atom. The third-order valence-electron chi connectivity index (χ3n) is 4.95. The van der Waals surface area contributed by atoms with Gasteiger partial charge in [0.05, 0.1) is 12.8 Å². The number of esters is 1. The summed E-state index contributed by atoms with van der Waals surface area (Å²) in [5, 5.41) is 4.48. The normalized spacial score (nSPS) is 14.1. The number of aromatic nitrogens is 3. The second-order valence-corrected chi connectivity index (χ2v) is 7.62. The monoisotopic (exact) mass is 428 g/mol. The van der Waals surface area contributed by atoms with Crippen molar-refractivity contribution in [3.63, 3.8) is 0 Å². The summed E-state index contributed by atoms with van der Waals surface area (Å²) in [6, 6.07) is 4.96. The summed E-state index contributed by atoms with van der Waals surface area (Å²) >= 11 is 1.21. The number of carbonyl (C=O) groups excluding carboxylic acids is 2. The van der Waals surface area contributed by atoms with Crippen molar-refractivity contribution in [1.82, 2.24) is 19.4 Å². The van der Waals surface area contributed by atoms with Gasteiger partial charge in [-0.2, -0.15) is 0 Å². The third-order valence-corrected chi connectivity index (χ3v) is 5.84. The molecule has 4 rings (SSSR count). The van der Waals surface area contributed by atoms with Crippen LogP contribution in [0.25, 0.3) is 11.2 Å². The van der Waals surface area contributed by atoms with Crippen LogP contribution in [0, 0.1) is 0 Å². The van der Waals surface area contributed by atoms with Gasteiger partial charge in [0.15, 0.2) is 11.5 Å². The van der Waals surface area contributed by atoms with Crippen LogP contribution in [0.15, 0.2) is 34.6 Å². The minimum absolute atomic E-state index is 0.222. The Bertz CT molecular complexity index is 1170. The van der Waals surface area contributed by atoms with E-state index in [2.05, 4.69) is 15.3 Å². The minimum Gasteiger partial charge on any atom is -0.465 e. The van der Waals surface area contributed by atoms with Gasteiger partial charge < -0.3 is 19.9 Å². The molecular formula is C19H20N6O4S. The van der Waals surface area contributed by atoms with Crippen molar-refractivity contribution in [3.8, 4) is 0 Å². The van der Waals surface area contributed by atoms with Gasteiger partial charge >= 0.3 is 12.0 Å². The van der Waals surface area contributed by atoms with Crippen molar-refractivity contribution >= 4 is 46.0 Å². The number of pyridine rings is 1. The number of carbonyl (C=O) groups is 2. The van der Waals surface area contributed by atoms with Crippen LogP contribution >= 0.6 is 11.3 Å². The third kappa shape index (κ3) is 3.59. The maximum absolute atomic E-state index is 12.7. The summed E-state index contributed by atoms with van der Waals surface area (Å²) in [4.78, 5) is 49.7. The number of hydrogen-bond donors (Lipinski definition) is 1. The molecule has 0 spiro atoms. The molecule has 0 atom stereocenters. The predicted molar refractivity (Wildman–Crippen MR) is 113 cm³/mol. The Kier molecular flexibility index (Phi) is 5.36. The number of thiophene rings is 1. The van der Waals surface area contributed by atoms with E-state index in [9.17, 15) is 14.4 Å². The molecule has 1 aliphatic heterocycles. The molecule has 30 heavy (non-hydrogen) atoms. The number of amides is 2. The smallest absolute Gasteiger partial charge is 0.350 e. The average Bonchev–Trinajstić information content (AvgIpc) is 3.24. The molecule has 2 amide bonds. The van der Waals surface area contributed by atoms with Crippen LogP contribution in [0.1, 0.15) is 9.67 Å². The molecule has 1 N–H and O–H groups in total. The molecule has 0 bridgehead atoms. The SMILES string of the molecule is COC(=O)c1sccc1NC(=O)N1CCN(c2nc3cccnc3n(C)c2=O)CC1. The first-order valence-electron chi connectivity index (χ1n) is 9.28. The number of nitrogens with one attached hydrogen (secondary N) is 1. The fourth-order valence-corrected chi connectivity index (χ4v) is 4.09. The van der Waals surface area contributed by atoms with Gasteiger partial charge in [0.25, 0.3) is 5.56 Å². The highest BCUT2D eigenvalue weighted by Gasteiger charge is 2.25. The zero-order valence-electron chi connectivity index (χ0n) is 16.5. The molecule has 0 radical (unpaired) electrons. The molecule has 0 saturated carbocycles. The number of methoxy groups -OCH3 is 1. The molecule has 3 aromatic rings. The van der Waals surface area contributed by atoms with Crippen LogP contribution in [-0.2, 0) is 11.8 Å². The van der Waals surface area contributed by atoms with Crippen molar-refractivity contribution in [2.45, 2.75) is 0 Å². The van der Waals surface area contributed by atoms with Gasteiger partial charge in [0.1, 0.15) is 10.4 Å². The minimum atomic E-state index is -0.488. The summed E-state index contributed by atoms with van der Waals surface area (Å²) < 4.78 is 6.22. The molecule has 0 aliphatic carbocycles. The Morgan fingerprint density at radius 2 is 1.97 bits per heavy atom. The number of piperazine rings is 1. The molecule has 3 aromatic heterocycles. The van der Waals surface area contributed by atoms with Crippen LogP contribution in [0.3, 0.4) is 0 Å². The number of urea groups is 1. The second kappa shape index (κ2) is 8.11. The first-order valence-corrected chi connectivity index (χ1v) is 10.2. The van der Waals surface area contributed by atoms with Gasteiger partial charge in [-0.1, -0.05) is 0 Å². The van der Waals surface area contributed by atoms with Crippen molar-refractivity contribution in [1.29, 1.82) is 0 Å². The van der Waals surface area contributed by atoms with E-state index < -0.39 is 5.97 Å². The Balaban J connectivity index is 1.46. The van der Waals surface area contributed by atoms with Crippen LogP contribution < -0.4 is 15.8 Å². The van der Waals surface area contributed by atoms with E-state index >= 15 is 0 Å². The molecule has 0 unspecified atom stereocenters. The maximum Gasteiger partial charge on any atom is 0.350 e. The molecule has 1 aliphatic rings. The maximum atomic E-state index is 12.7. The number of nitrogens with zero attached hydrogens (tertiary/aromatic N) is 5. The van der Waals surface area contributed by atoms with Crippen molar-refractivity contribution in [2.24, 2.45) is 7.05 Å². The highest BCUT2D eigenvalue weighted by atomic mass is 32.1. The number of anilines is 2. The van der Waals surface area contributed by atoms with Crippen LogP contribution in [0.4, 0.5) is 16.3 Å². The van der Waals surface area contributed by atoms with Crippen molar-refractivity contribution in [3.05, 3.63) is 45.0 Å². The zero-order valence-corrected chi connectivity index (χ0v) is 17.3. The Morgan fingerprint density at radius 1 is 1.20 bits per heavy atom. The molecule has 10 nitrogen and oxygen atoms in total. The number of ether oxygens (including phenoxy) is 1. The topological polar surface area (TPSA) is 110 Å². The highest BCUT2D eigenvalue weighted by molar-refractivity contribution is 7.12. The lowest BCUT2D eigenvalue weighted by atomic mass is 10.3. The molecule has 4 heterocycles. The van der Waals surface area contributed by atoms with Gasteiger partial charge in [-0.15, -0.1) is 11.3 Å². The van der Waals surface area contributed by atoms with E-state index in [1.807, 2.05) is 11.0 Å². The van der Waals surface area contributed by atoms with E-state index in [0.29, 0.717) is 53.7 Å². The van der Waals surface area contributed by atoms with Gasteiger partial charge in [0.2, 0.25) is 0 Å². The van der Waals surface area contributed by atoms with Crippen LogP contribution in [0.5, 0.6) is 0 Å². The predicted octanol–water partition coefficient (Wildman–Crippen LogP) is 1.53. The van der Waals surface area contributed by atoms with Gasteiger partial charge in [-0.3, -0.25) is 9.36 Å². The van der Waals surface area contributed by atoms with Crippen LogP contribution in [-0.4, -0.2) is 64.7 Å². The molecule has 156 valence electrons. The van der Waals surface area contributed by atoms with E-state index in [1.165, 1.54) is 23.0 Å². The first-order chi connectivity index (χ1) is 14.5. The van der Waals surface area contributed by atoms with Crippen LogP contribution in [0.2, 0.25) is 0 Å². The number of hydrogen-bond acceptors (Lipinski definition) is 8. The summed E-state index contributed by atoms with van der Waals surface area (Å²) in [7, 11) is 2.97. The van der Waals surface area contributed by atoms with E-state index in [1.54, 1.807) is 35.7 Å². The van der Waals surface area contributed by atoms with Gasteiger partial charge in [0, 0.05) is 39.4 Å². The Hall–Kier alpha value is -3.47. The molecule has 11 heteroatoms. The zero-order chi connectivity index (χ0) is 21.3. The van der Waals surface area contributed by atoms with E-state index in [-0.39, 0.29) is 11.6 Å². The summed E-state index contributed by atoms with van der Waals surface area (Å²) in [6.45, 7) is 1.77. The van der Waals surface area contributed by atoms with Crippen molar-refractivity contribution < 1.29 is 14.3 Å². The number of aryl methyl sites for hydroxylation is 1. The fourth-order valence-electron chi connectivity index (χ4n) is 3.32. The molecule has 0 aromatic carbocycles. The standard InChI is InChI=1S/C19H20N6O4S/c1-23-15-13(4-3-6-20-15)21-16(17(23)26)24-7-9-25(10-8-24)19(28)22-12-5-11-30-14(12)18(27)29-2/h3-6,11H,7-10H2,1-2H3,(H,22,28). The number of rotatable bonds is 3. The molecule has 1 fully saturated rings.